The second-order valence-electron chi connectivity index (χ2n) is 4.97. The van der Waals surface area contributed by atoms with Crippen molar-refractivity contribution in [3.63, 3.8) is 0 Å². The van der Waals surface area contributed by atoms with Gasteiger partial charge in [0.25, 0.3) is 0 Å². The van der Waals surface area contributed by atoms with E-state index in [1.807, 2.05) is 13.0 Å². The Morgan fingerprint density at radius 2 is 2.10 bits per heavy atom. The van der Waals surface area contributed by atoms with Crippen molar-refractivity contribution in [2.45, 2.75) is 32.2 Å². The number of carboxylic acid groups (broad SMARTS) is 1. The van der Waals surface area contributed by atoms with E-state index < -0.39 is 5.97 Å². The smallest absolute Gasteiger partial charge is 0.328 e. The number of hydrogen-bond acceptors (Lipinski definition) is 2. The lowest BCUT2D eigenvalue weighted by Crippen LogP contribution is -2.41. The van der Waals surface area contributed by atoms with Gasteiger partial charge in [-0.05, 0) is 55.5 Å². The SMILES string of the molecule is Cc1cc(NC(=O)NC2CCC2)ccc1/C=C/C(=O)O. The van der Waals surface area contributed by atoms with Gasteiger partial charge in [0.1, 0.15) is 0 Å². The first kappa shape index (κ1) is 14.1. The van der Waals surface area contributed by atoms with Gasteiger partial charge in [0.2, 0.25) is 0 Å². The number of carboxylic acids is 1. The normalized spacial score (nSPS) is 14.8. The summed E-state index contributed by atoms with van der Waals surface area (Å²) in [7, 11) is 0. The molecule has 1 aromatic carbocycles. The Morgan fingerprint density at radius 3 is 2.65 bits per heavy atom. The van der Waals surface area contributed by atoms with Crippen molar-refractivity contribution in [3.8, 4) is 0 Å². The number of aliphatic carboxylic acids is 1. The van der Waals surface area contributed by atoms with Gasteiger partial charge >= 0.3 is 12.0 Å². The highest BCUT2D eigenvalue weighted by atomic mass is 16.4. The Balaban J connectivity index is 1.97. The van der Waals surface area contributed by atoms with Crippen molar-refractivity contribution in [1.29, 1.82) is 0 Å². The van der Waals surface area contributed by atoms with Crippen molar-refractivity contribution >= 4 is 23.8 Å². The van der Waals surface area contributed by atoms with Gasteiger partial charge in [-0.1, -0.05) is 6.07 Å². The highest BCUT2D eigenvalue weighted by molar-refractivity contribution is 5.90. The minimum atomic E-state index is -0.980. The predicted octanol–water partition coefficient (Wildman–Crippen LogP) is 2.77. The molecule has 0 radical (unpaired) electrons. The summed E-state index contributed by atoms with van der Waals surface area (Å²) in [6.07, 6.45) is 5.90. The fraction of sp³-hybridized carbons (Fsp3) is 0.333. The van der Waals surface area contributed by atoms with Crippen molar-refractivity contribution in [2.75, 3.05) is 5.32 Å². The van der Waals surface area contributed by atoms with Crippen LogP contribution in [0.4, 0.5) is 10.5 Å². The summed E-state index contributed by atoms with van der Waals surface area (Å²) in [6, 6.07) is 5.47. The number of benzene rings is 1. The van der Waals surface area contributed by atoms with Crippen LogP contribution >= 0.6 is 0 Å². The highest BCUT2D eigenvalue weighted by Crippen LogP contribution is 2.19. The summed E-state index contributed by atoms with van der Waals surface area (Å²) in [5.74, 6) is -0.980. The summed E-state index contributed by atoms with van der Waals surface area (Å²) in [5, 5.41) is 14.3. The standard InChI is InChI=1S/C15H18N2O3/c1-10-9-13(7-5-11(10)6-8-14(18)19)17-15(20)16-12-3-2-4-12/h5-9,12H,2-4H2,1H3,(H,18,19)(H2,16,17,20)/b8-6+. The molecule has 0 spiro atoms. The minimum absolute atomic E-state index is 0.192. The Bertz CT molecular complexity index is 548. The first-order chi connectivity index (χ1) is 9.54. The number of urea groups is 1. The zero-order valence-corrected chi connectivity index (χ0v) is 11.3. The summed E-state index contributed by atoms with van der Waals surface area (Å²) in [5.41, 5.74) is 2.42. The molecule has 0 saturated heterocycles. The molecule has 5 heteroatoms. The van der Waals surface area contributed by atoms with Crippen molar-refractivity contribution in [2.24, 2.45) is 0 Å². The van der Waals surface area contributed by atoms with E-state index in [1.54, 1.807) is 12.1 Å². The molecule has 106 valence electrons. The van der Waals surface area contributed by atoms with E-state index in [9.17, 15) is 9.59 Å². The summed E-state index contributed by atoms with van der Waals surface area (Å²) in [6.45, 7) is 1.87. The fourth-order valence-electron chi connectivity index (χ4n) is 2.01. The number of nitrogens with one attached hydrogen (secondary N) is 2. The highest BCUT2D eigenvalue weighted by Gasteiger charge is 2.19. The third kappa shape index (κ3) is 3.85. The quantitative estimate of drug-likeness (QED) is 0.739. The van der Waals surface area contributed by atoms with E-state index >= 15 is 0 Å². The summed E-state index contributed by atoms with van der Waals surface area (Å²) in [4.78, 5) is 22.2. The van der Waals surface area contributed by atoms with Crippen LogP contribution in [0.2, 0.25) is 0 Å². The lowest BCUT2D eigenvalue weighted by molar-refractivity contribution is -0.131. The lowest BCUT2D eigenvalue weighted by atomic mass is 9.93. The third-order valence-electron chi connectivity index (χ3n) is 3.37. The van der Waals surface area contributed by atoms with Gasteiger partial charge < -0.3 is 15.7 Å². The molecule has 0 unspecified atom stereocenters. The predicted molar refractivity (Wildman–Crippen MR) is 77.6 cm³/mol. The van der Waals surface area contributed by atoms with Crippen LogP contribution in [0.5, 0.6) is 0 Å². The molecule has 0 atom stereocenters. The molecule has 0 aromatic heterocycles. The van der Waals surface area contributed by atoms with Gasteiger partial charge in [0.05, 0.1) is 0 Å². The second kappa shape index (κ2) is 6.23. The van der Waals surface area contributed by atoms with E-state index in [4.69, 9.17) is 5.11 Å². The van der Waals surface area contributed by atoms with Crippen LogP contribution in [0, 0.1) is 6.92 Å². The zero-order valence-electron chi connectivity index (χ0n) is 11.3. The largest absolute Gasteiger partial charge is 0.478 e. The maximum atomic E-state index is 11.7. The maximum Gasteiger partial charge on any atom is 0.328 e. The van der Waals surface area contributed by atoms with Crippen LogP contribution in [0.15, 0.2) is 24.3 Å². The number of aryl methyl sites for hydroxylation is 1. The molecule has 0 heterocycles. The number of carbonyl (C=O) groups is 2. The number of hydrogen-bond donors (Lipinski definition) is 3. The van der Waals surface area contributed by atoms with E-state index in [2.05, 4.69) is 10.6 Å². The summed E-state index contributed by atoms with van der Waals surface area (Å²) >= 11 is 0. The van der Waals surface area contributed by atoms with Crippen LogP contribution in [0.1, 0.15) is 30.4 Å². The van der Waals surface area contributed by atoms with E-state index in [1.165, 1.54) is 12.5 Å². The average molecular weight is 274 g/mol. The van der Waals surface area contributed by atoms with E-state index in [0.717, 1.165) is 30.0 Å². The number of rotatable bonds is 4. The number of amides is 2. The van der Waals surface area contributed by atoms with Gasteiger partial charge in [-0.3, -0.25) is 0 Å². The molecular weight excluding hydrogens is 256 g/mol. The molecule has 20 heavy (non-hydrogen) atoms. The topological polar surface area (TPSA) is 78.4 Å². The molecule has 3 N–H and O–H groups in total. The third-order valence-corrected chi connectivity index (χ3v) is 3.37. The fourth-order valence-corrected chi connectivity index (χ4v) is 2.01. The van der Waals surface area contributed by atoms with Crippen molar-refractivity contribution < 1.29 is 14.7 Å². The molecule has 1 aliphatic rings. The van der Waals surface area contributed by atoms with Crippen LogP contribution in [0.3, 0.4) is 0 Å². The van der Waals surface area contributed by atoms with Gasteiger partial charge in [-0.2, -0.15) is 0 Å². The van der Waals surface area contributed by atoms with E-state index in [-0.39, 0.29) is 6.03 Å². The van der Waals surface area contributed by atoms with Gasteiger partial charge in [-0.25, -0.2) is 9.59 Å². The van der Waals surface area contributed by atoms with Gasteiger partial charge in [-0.15, -0.1) is 0 Å². The molecular formula is C15H18N2O3. The molecule has 2 amide bonds. The molecule has 5 nitrogen and oxygen atoms in total. The Hall–Kier alpha value is -2.30. The first-order valence-electron chi connectivity index (χ1n) is 6.64. The molecule has 0 bridgehead atoms. The molecule has 1 aliphatic carbocycles. The molecule has 1 fully saturated rings. The van der Waals surface area contributed by atoms with Crippen LogP contribution < -0.4 is 10.6 Å². The molecule has 1 aromatic rings. The van der Waals surface area contributed by atoms with Crippen molar-refractivity contribution in [3.05, 3.63) is 35.4 Å². The monoisotopic (exact) mass is 274 g/mol. The van der Waals surface area contributed by atoms with Gasteiger partial charge in [0, 0.05) is 17.8 Å². The second-order valence-corrected chi connectivity index (χ2v) is 4.97. The average Bonchev–Trinajstić information content (AvgIpc) is 2.33. The Kier molecular flexibility index (Phi) is 4.40. The molecule has 0 aliphatic heterocycles. The summed E-state index contributed by atoms with van der Waals surface area (Å²) < 4.78 is 0. The number of anilines is 1. The van der Waals surface area contributed by atoms with Crippen LogP contribution in [0.25, 0.3) is 6.08 Å². The maximum absolute atomic E-state index is 11.7. The number of carbonyl (C=O) groups excluding carboxylic acids is 1. The lowest BCUT2D eigenvalue weighted by Gasteiger charge is -2.26. The van der Waals surface area contributed by atoms with Crippen LogP contribution in [-0.2, 0) is 4.79 Å². The van der Waals surface area contributed by atoms with Crippen LogP contribution in [-0.4, -0.2) is 23.1 Å². The Morgan fingerprint density at radius 1 is 1.35 bits per heavy atom. The van der Waals surface area contributed by atoms with Crippen molar-refractivity contribution in [1.82, 2.24) is 5.32 Å². The minimum Gasteiger partial charge on any atom is -0.478 e. The molecule has 2 rings (SSSR count). The van der Waals surface area contributed by atoms with E-state index in [0.29, 0.717) is 11.7 Å². The first-order valence-corrected chi connectivity index (χ1v) is 6.64. The van der Waals surface area contributed by atoms with Gasteiger partial charge in [0.15, 0.2) is 0 Å². The zero-order chi connectivity index (χ0) is 14.5. The Labute approximate surface area is 117 Å². The molecule has 1 saturated carbocycles.